The van der Waals surface area contributed by atoms with Crippen LogP contribution in [0.4, 0.5) is 5.69 Å². The Balaban J connectivity index is 2.79. The molecule has 2 N–H and O–H groups in total. The van der Waals surface area contributed by atoms with E-state index in [4.69, 9.17) is 16.3 Å². The van der Waals surface area contributed by atoms with Crippen molar-refractivity contribution in [2.45, 2.75) is 12.5 Å². The number of aliphatic hydroxyl groups is 1. The molecule has 0 aliphatic heterocycles. The van der Waals surface area contributed by atoms with Crippen LogP contribution in [0, 0.1) is 0 Å². The molecule has 1 rings (SSSR count). The number of aliphatic hydroxyl groups excluding tert-OH is 1. The van der Waals surface area contributed by atoms with Gasteiger partial charge in [-0.25, -0.2) is 0 Å². The number of hydrogen-bond donors (Lipinski definition) is 2. The van der Waals surface area contributed by atoms with Gasteiger partial charge in [-0.2, -0.15) is 0 Å². The molecule has 0 heterocycles. The molecule has 0 aliphatic rings. The van der Waals surface area contributed by atoms with E-state index in [1.165, 1.54) is 0 Å². The number of methoxy groups -OCH3 is 1. The molecule has 1 atom stereocenters. The second kappa shape index (κ2) is 5.35. The Kier molecular flexibility index (Phi) is 4.39. The third kappa shape index (κ3) is 3.38. The first-order chi connectivity index (χ1) is 7.11. The minimum absolute atomic E-state index is 0.0218. The zero-order chi connectivity index (χ0) is 11.3. The third-order valence-corrected chi connectivity index (χ3v) is 2.45. The molecule has 1 aromatic carbocycles. The molecular formula is C11H16ClNO2. The first-order valence-electron chi connectivity index (χ1n) is 4.74. The van der Waals surface area contributed by atoms with Crippen molar-refractivity contribution in [1.82, 2.24) is 0 Å². The van der Waals surface area contributed by atoms with Crippen LogP contribution in [0.1, 0.15) is 6.92 Å². The first-order valence-corrected chi connectivity index (χ1v) is 5.11. The van der Waals surface area contributed by atoms with Crippen LogP contribution >= 0.6 is 11.6 Å². The number of halogens is 1. The maximum Gasteiger partial charge on any atom is 0.0809 e. The smallest absolute Gasteiger partial charge is 0.0809 e. The zero-order valence-electron chi connectivity index (χ0n) is 8.96. The number of para-hydroxylation sites is 1. The van der Waals surface area contributed by atoms with Gasteiger partial charge < -0.3 is 15.2 Å². The lowest BCUT2D eigenvalue weighted by Gasteiger charge is -2.29. The number of benzene rings is 1. The van der Waals surface area contributed by atoms with Gasteiger partial charge in [-0.3, -0.25) is 0 Å². The van der Waals surface area contributed by atoms with E-state index in [-0.39, 0.29) is 6.61 Å². The molecule has 0 amide bonds. The Morgan fingerprint density at radius 3 is 2.67 bits per heavy atom. The third-order valence-electron chi connectivity index (χ3n) is 2.12. The largest absolute Gasteiger partial charge is 0.394 e. The Morgan fingerprint density at radius 2 is 2.13 bits per heavy atom. The molecule has 84 valence electrons. The van der Waals surface area contributed by atoms with Crippen molar-refractivity contribution in [1.29, 1.82) is 0 Å². The summed E-state index contributed by atoms with van der Waals surface area (Å²) in [5, 5.41) is 13.1. The molecule has 15 heavy (non-hydrogen) atoms. The van der Waals surface area contributed by atoms with Crippen LogP contribution < -0.4 is 5.32 Å². The molecule has 3 nitrogen and oxygen atoms in total. The highest BCUT2D eigenvalue weighted by Gasteiger charge is 2.23. The molecule has 0 spiro atoms. The quantitative estimate of drug-likeness (QED) is 0.813. The molecule has 0 radical (unpaired) electrons. The van der Waals surface area contributed by atoms with Crippen molar-refractivity contribution in [2.24, 2.45) is 0 Å². The Morgan fingerprint density at radius 1 is 1.47 bits per heavy atom. The van der Waals surface area contributed by atoms with Crippen molar-refractivity contribution in [3.63, 3.8) is 0 Å². The zero-order valence-corrected chi connectivity index (χ0v) is 9.71. The predicted molar refractivity (Wildman–Crippen MR) is 62.4 cm³/mol. The van der Waals surface area contributed by atoms with Crippen LogP contribution in [0.25, 0.3) is 0 Å². The van der Waals surface area contributed by atoms with Gasteiger partial charge in [-0.15, -0.1) is 0 Å². The second-order valence-electron chi connectivity index (χ2n) is 3.76. The minimum atomic E-state index is -0.514. The highest BCUT2D eigenvalue weighted by Crippen LogP contribution is 2.24. The van der Waals surface area contributed by atoms with Crippen molar-refractivity contribution >= 4 is 17.3 Å². The topological polar surface area (TPSA) is 41.5 Å². The van der Waals surface area contributed by atoms with Crippen LogP contribution in [-0.2, 0) is 4.74 Å². The Bertz CT molecular complexity index is 319. The van der Waals surface area contributed by atoms with Gasteiger partial charge in [0.1, 0.15) is 0 Å². The summed E-state index contributed by atoms with van der Waals surface area (Å²) in [5.74, 6) is 0. The maximum atomic E-state index is 9.28. The van der Waals surface area contributed by atoms with Gasteiger partial charge in [0.15, 0.2) is 0 Å². The molecule has 0 bridgehead atoms. The van der Waals surface area contributed by atoms with E-state index in [0.29, 0.717) is 11.6 Å². The summed E-state index contributed by atoms with van der Waals surface area (Å²) >= 11 is 6.00. The predicted octanol–water partition coefficient (Wildman–Crippen LogP) is 2.15. The molecule has 0 aliphatic carbocycles. The molecule has 0 fully saturated rings. The number of hydrogen-bond acceptors (Lipinski definition) is 3. The van der Waals surface area contributed by atoms with E-state index in [2.05, 4.69) is 5.32 Å². The van der Waals surface area contributed by atoms with E-state index in [9.17, 15) is 5.11 Å². The van der Waals surface area contributed by atoms with E-state index in [0.717, 1.165) is 5.69 Å². The molecule has 1 aromatic rings. The average Bonchev–Trinajstić information content (AvgIpc) is 2.22. The average molecular weight is 230 g/mol. The summed E-state index contributed by atoms with van der Waals surface area (Å²) in [7, 11) is 1.60. The fraction of sp³-hybridized carbons (Fsp3) is 0.455. The first kappa shape index (κ1) is 12.3. The van der Waals surface area contributed by atoms with E-state index in [1.807, 2.05) is 25.1 Å². The van der Waals surface area contributed by atoms with Gasteiger partial charge in [-0.05, 0) is 19.1 Å². The Hall–Kier alpha value is -0.770. The van der Waals surface area contributed by atoms with Crippen molar-refractivity contribution in [3.05, 3.63) is 29.3 Å². The monoisotopic (exact) mass is 229 g/mol. The lowest BCUT2D eigenvalue weighted by Crippen LogP contribution is -2.43. The van der Waals surface area contributed by atoms with Gasteiger partial charge in [0.05, 0.1) is 29.5 Å². The second-order valence-corrected chi connectivity index (χ2v) is 4.16. The van der Waals surface area contributed by atoms with Gasteiger partial charge in [0.25, 0.3) is 0 Å². The van der Waals surface area contributed by atoms with Crippen molar-refractivity contribution in [2.75, 3.05) is 25.6 Å². The van der Waals surface area contributed by atoms with Crippen LogP contribution in [0.2, 0.25) is 5.02 Å². The normalized spacial score (nSPS) is 14.7. The van der Waals surface area contributed by atoms with E-state index >= 15 is 0 Å². The van der Waals surface area contributed by atoms with Crippen LogP contribution in [0.15, 0.2) is 24.3 Å². The maximum absolute atomic E-state index is 9.28. The number of rotatable bonds is 5. The molecule has 0 aromatic heterocycles. The van der Waals surface area contributed by atoms with Crippen LogP contribution in [0.3, 0.4) is 0 Å². The van der Waals surface area contributed by atoms with E-state index in [1.54, 1.807) is 13.2 Å². The fourth-order valence-electron chi connectivity index (χ4n) is 1.33. The SMILES string of the molecule is COCC(C)(CO)Nc1ccccc1Cl. The van der Waals surface area contributed by atoms with Gasteiger partial charge in [0.2, 0.25) is 0 Å². The van der Waals surface area contributed by atoms with Gasteiger partial charge in [0, 0.05) is 7.11 Å². The van der Waals surface area contributed by atoms with Crippen molar-refractivity contribution < 1.29 is 9.84 Å². The van der Waals surface area contributed by atoms with Crippen LogP contribution in [0.5, 0.6) is 0 Å². The summed E-state index contributed by atoms with van der Waals surface area (Å²) in [5.41, 5.74) is 0.285. The summed E-state index contributed by atoms with van der Waals surface area (Å²) in [4.78, 5) is 0. The lowest BCUT2D eigenvalue weighted by atomic mass is 10.0. The number of anilines is 1. The lowest BCUT2D eigenvalue weighted by molar-refractivity contribution is 0.108. The number of nitrogens with one attached hydrogen (secondary N) is 1. The standard InChI is InChI=1S/C11H16ClNO2/c1-11(7-14,8-15-2)13-10-6-4-3-5-9(10)12/h3-6,13-14H,7-8H2,1-2H3. The van der Waals surface area contributed by atoms with E-state index < -0.39 is 5.54 Å². The number of ether oxygens (including phenoxy) is 1. The summed E-state index contributed by atoms with van der Waals surface area (Å²) in [6.07, 6.45) is 0. The summed E-state index contributed by atoms with van der Waals surface area (Å²) < 4.78 is 5.04. The minimum Gasteiger partial charge on any atom is -0.394 e. The fourth-order valence-corrected chi connectivity index (χ4v) is 1.51. The molecule has 0 saturated carbocycles. The van der Waals surface area contributed by atoms with Gasteiger partial charge in [-0.1, -0.05) is 23.7 Å². The highest BCUT2D eigenvalue weighted by atomic mass is 35.5. The molecule has 4 heteroatoms. The molecular weight excluding hydrogens is 214 g/mol. The van der Waals surface area contributed by atoms with Crippen molar-refractivity contribution in [3.8, 4) is 0 Å². The highest BCUT2D eigenvalue weighted by molar-refractivity contribution is 6.33. The van der Waals surface area contributed by atoms with Gasteiger partial charge >= 0.3 is 0 Å². The summed E-state index contributed by atoms with van der Waals surface area (Å²) in [6.45, 7) is 2.26. The Labute approximate surface area is 95.0 Å². The molecule has 0 saturated heterocycles. The summed E-state index contributed by atoms with van der Waals surface area (Å²) in [6, 6.07) is 7.42. The van der Waals surface area contributed by atoms with Crippen LogP contribution in [-0.4, -0.2) is 31.0 Å². The molecule has 1 unspecified atom stereocenters.